The fourth-order valence-corrected chi connectivity index (χ4v) is 5.78. The summed E-state index contributed by atoms with van der Waals surface area (Å²) in [7, 11) is -3.92. The average Bonchev–Trinajstić information content (AvgIpc) is 2.78. The molecule has 2 saturated heterocycles. The minimum Gasteiger partial charge on any atom is -0.356 e. The summed E-state index contributed by atoms with van der Waals surface area (Å²) in [5.74, 6) is -0.385. The van der Waals surface area contributed by atoms with Crippen LogP contribution in [0, 0.1) is 11.7 Å². The molecule has 1 unspecified atom stereocenters. The molecule has 0 radical (unpaired) electrons. The van der Waals surface area contributed by atoms with Crippen LogP contribution in [-0.4, -0.2) is 86.7 Å². The lowest BCUT2D eigenvalue weighted by atomic mass is 9.98. The second kappa shape index (κ2) is 11.2. The van der Waals surface area contributed by atoms with Gasteiger partial charge in [0.1, 0.15) is 10.7 Å². The van der Waals surface area contributed by atoms with E-state index in [2.05, 4.69) is 10.2 Å². The zero-order valence-electron chi connectivity index (χ0n) is 18.6. The summed E-state index contributed by atoms with van der Waals surface area (Å²) in [6.45, 7) is 5.38. The Balaban J connectivity index is 1.47. The fraction of sp³-hybridized carbons (Fsp3) is 0.636. The van der Waals surface area contributed by atoms with Gasteiger partial charge in [0.15, 0.2) is 0 Å². The number of piperidine rings is 1. The van der Waals surface area contributed by atoms with Crippen LogP contribution in [0.4, 0.5) is 4.39 Å². The molecular weight excluding hydrogens is 435 g/mol. The highest BCUT2D eigenvalue weighted by atomic mass is 32.2. The third-order valence-corrected chi connectivity index (χ3v) is 8.00. The fourth-order valence-electron chi connectivity index (χ4n) is 4.30. The van der Waals surface area contributed by atoms with E-state index in [4.69, 9.17) is 0 Å². The first-order valence-corrected chi connectivity index (χ1v) is 12.8. The van der Waals surface area contributed by atoms with Gasteiger partial charge in [-0.2, -0.15) is 4.31 Å². The standard InChI is InChI=1S/C22H33FN4O4S/c1-2-6-21(28)24-15-18-7-5-10-25(16-18)17-22(29)26-11-13-27(14-12-26)32(30,31)20-9-4-3-8-19(20)23/h3-4,8-9,18H,2,5-7,10-17H2,1H3,(H,24,28). The summed E-state index contributed by atoms with van der Waals surface area (Å²) >= 11 is 0. The van der Waals surface area contributed by atoms with Crippen molar-refractivity contribution in [3.05, 3.63) is 30.1 Å². The van der Waals surface area contributed by atoms with Gasteiger partial charge in [0.2, 0.25) is 21.8 Å². The van der Waals surface area contributed by atoms with Crippen molar-refractivity contribution in [2.24, 2.45) is 5.92 Å². The third kappa shape index (κ3) is 6.26. The summed E-state index contributed by atoms with van der Waals surface area (Å²) in [5, 5.41) is 2.98. The summed E-state index contributed by atoms with van der Waals surface area (Å²) in [4.78, 5) is 28.0. The van der Waals surface area contributed by atoms with E-state index < -0.39 is 15.8 Å². The highest BCUT2D eigenvalue weighted by Gasteiger charge is 2.32. The Morgan fingerprint density at radius 2 is 1.84 bits per heavy atom. The van der Waals surface area contributed by atoms with Crippen LogP contribution in [0.5, 0.6) is 0 Å². The van der Waals surface area contributed by atoms with Gasteiger partial charge in [-0.25, -0.2) is 12.8 Å². The van der Waals surface area contributed by atoms with Gasteiger partial charge in [-0.05, 0) is 43.9 Å². The number of amides is 2. The van der Waals surface area contributed by atoms with Gasteiger partial charge in [-0.3, -0.25) is 14.5 Å². The minimum atomic E-state index is -3.92. The number of rotatable bonds is 8. The van der Waals surface area contributed by atoms with Crippen molar-refractivity contribution in [2.75, 3.05) is 52.4 Å². The predicted octanol–water partition coefficient (Wildman–Crippen LogP) is 1.29. The van der Waals surface area contributed by atoms with Crippen LogP contribution in [0.15, 0.2) is 29.2 Å². The summed E-state index contributed by atoms with van der Waals surface area (Å²) < 4.78 is 40.7. The molecule has 0 saturated carbocycles. The normalized spacial score (nSPS) is 20.8. The number of piperazine rings is 1. The highest BCUT2D eigenvalue weighted by molar-refractivity contribution is 7.89. The lowest BCUT2D eigenvalue weighted by Crippen LogP contribution is -2.53. The van der Waals surface area contributed by atoms with E-state index in [-0.39, 0.29) is 42.9 Å². The van der Waals surface area contributed by atoms with Gasteiger partial charge in [0.25, 0.3) is 0 Å². The molecule has 1 aromatic carbocycles. The number of hydrogen-bond donors (Lipinski definition) is 1. The molecule has 3 rings (SSSR count). The molecular formula is C22H33FN4O4S. The molecule has 2 aliphatic rings. The van der Waals surface area contributed by atoms with Crippen molar-refractivity contribution in [3.8, 4) is 0 Å². The first kappa shape index (κ1) is 24.6. The van der Waals surface area contributed by atoms with Gasteiger partial charge in [0, 0.05) is 45.7 Å². The number of sulfonamides is 1. The Labute approximate surface area is 189 Å². The number of carbonyl (C=O) groups is 2. The molecule has 0 spiro atoms. The molecule has 10 heteroatoms. The first-order valence-electron chi connectivity index (χ1n) is 11.3. The maximum absolute atomic E-state index is 14.0. The number of nitrogens with one attached hydrogen (secondary N) is 1. The number of carbonyl (C=O) groups excluding carboxylic acids is 2. The SMILES string of the molecule is CCCC(=O)NCC1CCCN(CC(=O)N2CCN(S(=O)(=O)c3ccccc3F)CC2)C1. The second-order valence-corrected chi connectivity index (χ2v) is 10.4. The minimum absolute atomic E-state index is 0.0244. The monoisotopic (exact) mass is 468 g/mol. The van der Waals surface area contributed by atoms with Crippen LogP contribution in [0.3, 0.4) is 0 Å². The lowest BCUT2D eigenvalue weighted by molar-refractivity contribution is -0.134. The van der Waals surface area contributed by atoms with Crippen LogP contribution < -0.4 is 5.32 Å². The van der Waals surface area contributed by atoms with Gasteiger partial charge in [-0.1, -0.05) is 19.1 Å². The maximum Gasteiger partial charge on any atom is 0.246 e. The second-order valence-electron chi connectivity index (χ2n) is 8.51. The van der Waals surface area contributed by atoms with Gasteiger partial charge in [-0.15, -0.1) is 0 Å². The zero-order valence-corrected chi connectivity index (χ0v) is 19.4. The number of likely N-dealkylation sites (tertiary alicyclic amines) is 1. The third-order valence-electron chi connectivity index (χ3n) is 6.07. The van der Waals surface area contributed by atoms with E-state index in [1.165, 1.54) is 22.5 Å². The van der Waals surface area contributed by atoms with Crippen LogP contribution in [0.2, 0.25) is 0 Å². The van der Waals surface area contributed by atoms with Crippen molar-refractivity contribution >= 4 is 21.8 Å². The molecule has 2 amide bonds. The van der Waals surface area contributed by atoms with Crippen LogP contribution in [0.25, 0.3) is 0 Å². The van der Waals surface area contributed by atoms with Gasteiger partial charge >= 0.3 is 0 Å². The number of hydrogen-bond acceptors (Lipinski definition) is 5. The Kier molecular flexibility index (Phi) is 8.61. The predicted molar refractivity (Wildman–Crippen MR) is 119 cm³/mol. The van der Waals surface area contributed by atoms with Gasteiger partial charge < -0.3 is 10.2 Å². The average molecular weight is 469 g/mol. The van der Waals surface area contributed by atoms with Crippen molar-refractivity contribution in [1.29, 1.82) is 0 Å². The van der Waals surface area contributed by atoms with Crippen molar-refractivity contribution < 1.29 is 22.4 Å². The highest BCUT2D eigenvalue weighted by Crippen LogP contribution is 2.21. The van der Waals surface area contributed by atoms with E-state index in [1.807, 2.05) is 6.92 Å². The van der Waals surface area contributed by atoms with Crippen molar-refractivity contribution in [1.82, 2.24) is 19.4 Å². The van der Waals surface area contributed by atoms with Crippen molar-refractivity contribution in [3.63, 3.8) is 0 Å². The molecule has 0 aliphatic carbocycles. The first-order chi connectivity index (χ1) is 15.3. The van der Waals surface area contributed by atoms with Crippen LogP contribution in [0.1, 0.15) is 32.6 Å². The maximum atomic E-state index is 14.0. The van der Waals surface area contributed by atoms with Crippen LogP contribution in [-0.2, 0) is 19.6 Å². The molecule has 8 nitrogen and oxygen atoms in total. The quantitative estimate of drug-likeness (QED) is 0.621. The van der Waals surface area contributed by atoms with Gasteiger partial charge in [0.05, 0.1) is 6.54 Å². The molecule has 2 aliphatic heterocycles. The molecule has 0 bridgehead atoms. The number of halogens is 1. The molecule has 0 aromatic heterocycles. The van der Waals surface area contributed by atoms with Crippen molar-refractivity contribution in [2.45, 2.75) is 37.5 Å². The lowest BCUT2D eigenvalue weighted by Gasteiger charge is -2.37. The molecule has 1 N–H and O–H groups in total. The largest absolute Gasteiger partial charge is 0.356 e. The molecule has 2 heterocycles. The molecule has 178 valence electrons. The Morgan fingerprint density at radius 3 is 2.53 bits per heavy atom. The smallest absolute Gasteiger partial charge is 0.246 e. The van der Waals surface area contributed by atoms with E-state index in [9.17, 15) is 22.4 Å². The molecule has 1 atom stereocenters. The zero-order chi connectivity index (χ0) is 23.1. The van der Waals surface area contributed by atoms with E-state index in [0.717, 1.165) is 38.4 Å². The topological polar surface area (TPSA) is 90.0 Å². The Hall–Kier alpha value is -2.04. The van der Waals surface area contributed by atoms with Crippen LogP contribution >= 0.6 is 0 Å². The van der Waals surface area contributed by atoms with E-state index in [0.29, 0.717) is 25.4 Å². The molecule has 32 heavy (non-hydrogen) atoms. The van der Waals surface area contributed by atoms with E-state index >= 15 is 0 Å². The summed E-state index contributed by atoms with van der Waals surface area (Å²) in [5.41, 5.74) is 0. The Morgan fingerprint density at radius 1 is 1.12 bits per heavy atom. The number of benzene rings is 1. The molecule has 2 fully saturated rings. The van der Waals surface area contributed by atoms with E-state index in [1.54, 1.807) is 4.90 Å². The number of nitrogens with zero attached hydrogens (tertiary/aromatic N) is 3. The molecule has 1 aromatic rings. The summed E-state index contributed by atoms with van der Waals surface area (Å²) in [6, 6.07) is 5.35. The summed E-state index contributed by atoms with van der Waals surface area (Å²) in [6.07, 6.45) is 3.37. The Bertz CT molecular complexity index is 903.